The fourth-order valence-corrected chi connectivity index (χ4v) is 1.80. The van der Waals surface area contributed by atoms with E-state index in [1.807, 2.05) is 12.1 Å². The summed E-state index contributed by atoms with van der Waals surface area (Å²) < 4.78 is 0. The largest absolute Gasteiger partial charge is 0.508 e. The second-order valence-electron chi connectivity index (χ2n) is 4.88. The highest BCUT2D eigenvalue weighted by atomic mass is 16.3. The van der Waals surface area contributed by atoms with Gasteiger partial charge in [-0.25, -0.2) is 0 Å². The Hall–Kier alpha value is -1.06. The van der Waals surface area contributed by atoms with Gasteiger partial charge in [-0.15, -0.1) is 0 Å². The van der Waals surface area contributed by atoms with Crippen LogP contribution in [0.5, 0.6) is 5.75 Å². The number of aromatic hydroxyl groups is 1. The summed E-state index contributed by atoms with van der Waals surface area (Å²) >= 11 is 0. The first-order chi connectivity index (χ1) is 8.08. The van der Waals surface area contributed by atoms with Gasteiger partial charge < -0.3 is 15.3 Å². The molecule has 0 aliphatic carbocycles. The van der Waals surface area contributed by atoms with Gasteiger partial charge in [0.2, 0.25) is 0 Å². The van der Waals surface area contributed by atoms with Gasteiger partial charge in [0.05, 0.1) is 0 Å². The Bertz CT molecular complexity index is 309. The van der Waals surface area contributed by atoms with Gasteiger partial charge in [-0.1, -0.05) is 12.1 Å². The molecule has 0 amide bonds. The summed E-state index contributed by atoms with van der Waals surface area (Å²) in [5.74, 6) is 0.334. The molecule has 0 radical (unpaired) electrons. The van der Waals surface area contributed by atoms with E-state index in [4.69, 9.17) is 0 Å². The smallest absolute Gasteiger partial charge is 0.115 e. The average molecular weight is 236 g/mol. The van der Waals surface area contributed by atoms with Crippen molar-refractivity contribution in [2.75, 3.05) is 27.2 Å². The van der Waals surface area contributed by atoms with E-state index in [0.717, 1.165) is 19.5 Å². The second kappa shape index (κ2) is 7.30. The van der Waals surface area contributed by atoms with Crippen molar-refractivity contribution >= 4 is 0 Å². The van der Waals surface area contributed by atoms with Crippen molar-refractivity contribution in [3.8, 4) is 5.75 Å². The lowest BCUT2D eigenvalue weighted by atomic mass is 10.1. The third-order valence-electron chi connectivity index (χ3n) is 2.75. The predicted octanol–water partition coefficient (Wildman–Crippen LogP) is 1.86. The second-order valence-corrected chi connectivity index (χ2v) is 4.88. The van der Waals surface area contributed by atoms with Crippen LogP contribution in [0.1, 0.15) is 18.9 Å². The minimum Gasteiger partial charge on any atom is -0.508 e. The first kappa shape index (κ1) is 14.0. The fourth-order valence-electron chi connectivity index (χ4n) is 1.80. The van der Waals surface area contributed by atoms with E-state index >= 15 is 0 Å². The summed E-state index contributed by atoms with van der Waals surface area (Å²) in [7, 11) is 4.19. The molecule has 0 bridgehead atoms. The maximum Gasteiger partial charge on any atom is 0.115 e. The lowest BCUT2D eigenvalue weighted by Crippen LogP contribution is -2.30. The van der Waals surface area contributed by atoms with Crippen molar-refractivity contribution < 1.29 is 5.11 Å². The monoisotopic (exact) mass is 236 g/mol. The van der Waals surface area contributed by atoms with E-state index in [1.165, 1.54) is 12.0 Å². The van der Waals surface area contributed by atoms with Crippen LogP contribution in [0, 0.1) is 0 Å². The van der Waals surface area contributed by atoms with E-state index in [1.54, 1.807) is 12.1 Å². The molecule has 96 valence electrons. The molecule has 0 fully saturated rings. The first-order valence-electron chi connectivity index (χ1n) is 6.24. The van der Waals surface area contributed by atoms with Gasteiger partial charge in [0, 0.05) is 6.04 Å². The molecule has 0 aromatic heterocycles. The molecular formula is C14H24N2O. The summed E-state index contributed by atoms with van der Waals surface area (Å²) in [6.07, 6.45) is 2.18. The van der Waals surface area contributed by atoms with Crippen LogP contribution in [0.3, 0.4) is 0 Å². The van der Waals surface area contributed by atoms with E-state index in [-0.39, 0.29) is 0 Å². The zero-order chi connectivity index (χ0) is 12.7. The van der Waals surface area contributed by atoms with Gasteiger partial charge in [0.15, 0.2) is 0 Å². The third-order valence-corrected chi connectivity index (χ3v) is 2.75. The molecule has 0 spiro atoms. The molecule has 0 heterocycles. The normalized spacial score (nSPS) is 12.9. The third kappa shape index (κ3) is 6.29. The Morgan fingerprint density at radius 2 is 1.88 bits per heavy atom. The molecule has 0 saturated heterocycles. The van der Waals surface area contributed by atoms with Crippen LogP contribution in [0.25, 0.3) is 0 Å². The van der Waals surface area contributed by atoms with E-state index < -0.39 is 0 Å². The molecule has 17 heavy (non-hydrogen) atoms. The molecule has 1 unspecified atom stereocenters. The molecule has 0 aliphatic rings. The molecule has 1 rings (SSSR count). The highest BCUT2D eigenvalue weighted by molar-refractivity contribution is 5.26. The van der Waals surface area contributed by atoms with Gasteiger partial charge in [-0.05, 0) is 64.6 Å². The number of phenols is 1. The highest BCUT2D eigenvalue weighted by Gasteiger charge is 2.02. The molecule has 3 nitrogen and oxygen atoms in total. The van der Waals surface area contributed by atoms with Crippen molar-refractivity contribution in [2.24, 2.45) is 0 Å². The topological polar surface area (TPSA) is 35.5 Å². The maximum atomic E-state index is 9.20. The SMILES string of the molecule is CC(Cc1ccc(O)cc1)NCCCN(C)C. The van der Waals surface area contributed by atoms with Crippen LogP contribution in [-0.4, -0.2) is 43.2 Å². The zero-order valence-corrected chi connectivity index (χ0v) is 11.1. The van der Waals surface area contributed by atoms with Crippen molar-refractivity contribution in [3.05, 3.63) is 29.8 Å². The van der Waals surface area contributed by atoms with Crippen LogP contribution in [-0.2, 0) is 6.42 Å². The minimum absolute atomic E-state index is 0.334. The number of hydrogen-bond acceptors (Lipinski definition) is 3. The summed E-state index contributed by atoms with van der Waals surface area (Å²) in [5.41, 5.74) is 1.26. The van der Waals surface area contributed by atoms with Gasteiger partial charge in [0.1, 0.15) is 5.75 Å². The summed E-state index contributed by atoms with van der Waals surface area (Å²) in [6.45, 7) is 4.37. The van der Waals surface area contributed by atoms with E-state index in [9.17, 15) is 5.11 Å². The molecule has 1 aromatic rings. The number of rotatable bonds is 7. The molecule has 0 aliphatic heterocycles. The molecule has 0 saturated carbocycles. The molecule has 3 heteroatoms. The van der Waals surface area contributed by atoms with Crippen LogP contribution in [0.4, 0.5) is 0 Å². The van der Waals surface area contributed by atoms with Crippen molar-refractivity contribution in [1.82, 2.24) is 10.2 Å². The number of nitrogens with zero attached hydrogens (tertiary/aromatic N) is 1. The fraction of sp³-hybridized carbons (Fsp3) is 0.571. The van der Waals surface area contributed by atoms with Gasteiger partial charge >= 0.3 is 0 Å². The maximum absolute atomic E-state index is 9.20. The quantitative estimate of drug-likeness (QED) is 0.709. The molecular weight excluding hydrogens is 212 g/mol. The van der Waals surface area contributed by atoms with Crippen molar-refractivity contribution in [1.29, 1.82) is 0 Å². The number of benzene rings is 1. The minimum atomic E-state index is 0.334. The predicted molar refractivity (Wildman–Crippen MR) is 72.4 cm³/mol. The van der Waals surface area contributed by atoms with Crippen LogP contribution in [0.15, 0.2) is 24.3 Å². The zero-order valence-electron chi connectivity index (χ0n) is 11.1. The first-order valence-corrected chi connectivity index (χ1v) is 6.24. The van der Waals surface area contributed by atoms with Gasteiger partial charge in [-0.3, -0.25) is 0 Å². The average Bonchev–Trinajstić information content (AvgIpc) is 2.27. The van der Waals surface area contributed by atoms with Gasteiger partial charge in [-0.2, -0.15) is 0 Å². The van der Waals surface area contributed by atoms with E-state index in [2.05, 4.69) is 31.2 Å². The van der Waals surface area contributed by atoms with Crippen LogP contribution < -0.4 is 5.32 Å². The Labute approximate surface area is 104 Å². The van der Waals surface area contributed by atoms with Crippen molar-refractivity contribution in [2.45, 2.75) is 25.8 Å². The number of phenolic OH excluding ortho intramolecular Hbond substituents is 1. The molecule has 1 aromatic carbocycles. The highest BCUT2D eigenvalue weighted by Crippen LogP contribution is 2.11. The molecule has 1 atom stereocenters. The summed E-state index contributed by atoms with van der Waals surface area (Å²) in [4.78, 5) is 2.20. The Morgan fingerprint density at radius 1 is 1.24 bits per heavy atom. The standard InChI is InChI=1S/C14H24N2O/c1-12(15-9-4-10-16(2)3)11-13-5-7-14(17)8-6-13/h5-8,12,15,17H,4,9-11H2,1-3H3. The summed E-state index contributed by atoms with van der Waals surface area (Å²) in [6, 6.07) is 7.92. The Morgan fingerprint density at radius 3 is 2.47 bits per heavy atom. The van der Waals surface area contributed by atoms with Gasteiger partial charge in [0.25, 0.3) is 0 Å². The summed E-state index contributed by atoms with van der Waals surface area (Å²) in [5, 5.41) is 12.7. The Kier molecular flexibility index (Phi) is 6.01. The molecule has 2 N–H and O–H groups in total. The number of hydrogen-bond donors (Lipinski definition) is 2. The lowest BCUT2D eigenvalue weighted by Gasteiger charge is -2.15. The van der Waals surface area contributed by atoms with E-state index in [0.29, 0.717) is 11.8 Å². The van der Waals surface area contributed by atoms with Crippen molar-refractivity contribution in [3.63, 3.8) is 0 Å². The van der Waals surface area contributed by atoms with Crippen LogP contribution >= 0.6 is 0 Å². The van der Waals surface area contributed by atoms with Crippen LogP contribution in [0.2, 0.25) is 0 Å². The Balaban J connectivity index is 2.20. The lowest BCUT2D eigenvalue weighted by molar-refractivity contribution is 0.388. The number of nitrogens with one attached hydrogen (secondary N) is 1.